The van der Waals surface area contributed by atoms with E-state index in [1.165, 1.54) is 25.0 Å². The van der Waals surface area contributed by atoms with Gasteiger partial charge < -0.3 is 9.47 Å². The van der Waals surface area contributed by atoms with Crippen molar-refractivity contribution in [3.63, 3.8) is 0 Å². The Bertz CT molecular complexity index is 526. The van der Waals surface area contributed by atoms with E-state index in [9.17, 15) is 10.1 Å². The highest BCUT2D eigenvalue weighted by Gasteiger charge is 2.33. The summed E-state index contributed by atoms with van der Waals surface area (Å²) < 4.78 is 11.1. The predicted molar refractivity (Wildman–Crippen MR) is 77.8 cm³/mol. The molecule has 3 saturated heterocycles. The van der Waals surface area contributed by atoms with E-state index in [0.717, 1.165) is 25.4 Å². The lowest BCUT2D eigenvalue weighted by Crippen LogP contribution is -2.51. The normalized spacial score (nSPS) is 27.4. The van der Waals surface area contributed by atoms with Crippen molar-refractivity contribution in [2.24, 2.45) is 5.92 Å². The Morgan fingerprint density at radius 1 is 1.33 bits per heavy atom. The van der Waals surface area contributed by atoms with Crippen molar-refractivity contribution in [2.45, 2.75) is 25.3 Å². The van der Waals surface area contributed by atoms with Crippen LogP contribution in [-0.2, 0) is 0 Å². The minimum absolute atomic E-state index is 0.0243. The Kier molecular flexibility index (Phi) is 3.96. The van der Waals surface area contributed by atoms with Gasteiger partial charge in [0.25, 0.3) is 5.69 Å². The van der Waals surface area contributed by atoms with Gasteiger partial charge in [0.15, 0.2) is 11.5 Å². The van der Waals surface area contributed by atoms with Gasteiger partial charge in [-0.05, 0) is 44.3 Å². The lowest BCUT2D eigenvalue weighted by Gasteiger charge is -2.45. The first-order valence-corrected chi connectivity index (χ1v) is 7.36. The minimum atomic E-state index is -0.418. The van der Waals surface area contributed by atoms with Crippen molar-refractivity contribution < 1.29 is 14.4 Å². The van der Waals surface area contributed by atoms with E-state index in [4.69, 9.17) is 9.47 Å². The number of nitrogens with zero attached hydrogens (tertiary/aromatic N) is 2. The number of rotatable bonds is 5. The average Bonchev–Trinajstić information content (AvgIpc) is 2.53. The molecule has 3 fully saturated rings. The van der Waals surface area contributed by atoms with Crippen LogP contribution in [0.1, 0.15) is 19.3 Å². The molecule has 4 rings (SSSR count). The lowest BCUT2D eigenvalue weighted by atomic mass is 9.83. The number of non-ortho nitro benzene ring substituents is 1. The van der Waals surface area contributed by atoms with Gasteiger partial charge in [0, 0.05) is 12.1 Å². The van der Waals surface area contributed by atoms with E-state index in [2.05, 4.69) is 4.90 Å². The molecule has 3 aliphatic rings. The summed E-state index contributed by atoms with van der Waals surface area (Å²) in [6.07, 6.45) is 3.74. The summed E-state index contributed by atoms with van der Waals surface area (Å²) in [5, 5.41) is 10.9. The summed E-state index contributed by atoms with van der Waals surface area (Å²) in [7, 11) is 1.54. The number of ether oxygens (including phenoxy) is 2. The zero-order chi connectivity index (χ0) is 14.8. The number of hydrogen-bond donors (Lipinski definition) is 0. The highest BCUT2D eigenvalue weighted by atomic mass is 16.6. The molecule has 0 N–H and O–H groups in total. The maximum Gasteiger partial charge on any atom is 0.273 e. The molecule has 1 aromatic rings. The molecule has 0 aliphatic carbocycles. The number of piperidine rings is 3. The molecule has 6 nitrogen and oxygen atoms in total. The molecule has 0 radical (unpaired) electrons. The first kappa shape index (κ1) is 14.1. The Balaban J connectivity index is 1.69. The summed E-state index contributed by atoms with van der Waals surface area (Å²) in [6, 6.07) is 4.87. The SMILES string of the molecule is COc1ccc([N+](=O)[O-])cc1OCC1CC2CCN1CC2. The predicted octanol–water partition coefficient (Wildman–Crippen LogP) is 2.47. The van der Waals surface area contributed by atoms with Gasteiger partial charge >= 0.3 is 0 Å². The molecule has 2 bridgehead atoms. The molecule has 1 atom stereocenters. The fraction of sp³-hybridized carbons (Fsp3) is 0.600. The third kappa shape index (κ3) is 2.95. The number of nitro groups is 1. The van der Waals surface area contributed by atoms with Crippen LogP contribution in [0.3, 0.4) is 0 Å². The van der Waals surface area contributed by atoms with Crippen molar-refractivity contribution >= 4 is 5.69 Å². The van der Waals surface area contributed by atoms with E-state index in [1.807, 2.05) is 0 Å². The molecule has 114 valence electrons. The van der Waals surface area contributed by atoms with Crippen LogP contribution in [0.5, 0.6) is 11.5 Å². The van der Waals surface area contributed by atoms with E-state index in [1.54, 1.807) is 13.2 Å². The van der Waals surface area contributed by atoms with Crippen LogP contribution < -0.4 is 9.47 Å². The highest BCUT2D eigenvalue weighted by molar-refractivity contribution is 5.48. The van der Waals surface area contributed by atoms with Crippen LogP contribution in [0.2, 0.25) is 0 Å². The first-order chi connectivity index (χ1) is 10.2. The second-order valence-corrected chi connectivity index (χ2v) is 5.77. The van der Waals surface area contributed by atoms with Gasteiger partial charge in [0.1, 0.15) is 6.61 Å². The monoisotopic (exact) mass is 292 g/mol. The molecule has 1 aromatic carbocycles. The molecule has 3 aliphatic heterocycles. The molecule has 0 saturated carbocycles. The van der Waals surface area contributed by atoms with E-state index < -0.39 is 4.92 Å². The molecular weight excluding hydrogens is 272 g/mol. The topological polar surface area (TPSA) is 64.8 Å². The van der Waals surface area contributed by atoms with Crippen molar-refractivity contribution in [3.05, 3.63) is 28.3 Å². The van der Waals surface area contributed by atoms with Crippen molar-refractivity contribution in [1.82, 2.24) is 4.90 Å². The Hall–Kier alpha value is -1.82. The minimum Gasteiger partial charge on any atom is -0.493 e. The Morgan fingerprint density at radius 3 is 2.67 bits per heavy atom. The van der Waals surface area contributed by atoms with Crippen LogP contribution in [0.15, 0.2) is 18.2 Å². The smallest absolute Gasteiger partial charge is 0.273 e. The summed E-state index contributed by atoms with van der Waals surface area (Å²) in [6.45, 7) is 2.85. The van der Waals surface area contributed by atoms with Crippen LogP contribution in [0.25, 0.3) is 0 Å². The van der Waals surface area contributed by atoms with Gasteiger partial charge in [0.05, 0.1) is 18.1 Å². The van der Waals surface area contributed by atoms with Gasteiger partial charge in [-0.15, -0.1) is 0 Å². The maximum absolute atomic E-state index is 10.9. The van der Waals surface area contributed by atoms with Crippen molar-refractivity contribution in [3.8, 4) is 11.5 Å². The molecule has 0 amide bonds. The molecule has 0 aromatic heterocycles. The quantitative estimate of drug-likeness (QED) is 0.616. The number of methoxy groups -OCH3 is 1. The average molecular weight is 292 g/mol. The van der Waals surface area contributed by atoms with Crippen LogP contribution in [0.4, 0.5) is 5.69 Å². The molecule has 21 heavy (non-hydrogen) atoms. The van der Waals surface area contributed by atoms with Crippen LogP contribution >= 0.6 is 0 Å². The molecule has 6 heteroatoms. The van der Waals surface area contributed by atoms with Crippen molar-refractivity contribution in [2.75, 3.05) is 26.8 Å². The van der Waals surface area contributed by atoms with Gasteiger partial charge in [0.2, 0.25) is 0 Å². The van der Waals surface area contributed by atoms with Gasteiger partial charge in [-0.2, -0.15) is 0 Å². The first-order valence-electron chi connectivity index (χ1n) is 7.36. The summed E-state index contributed by atoms with van der Waals surface area (Å²) in [5.74, 6) is 1.81. The van der Waals surface area contributed by atoms with E-state index in [-0.39, 0.29) is 5.69 Å². The molecule has 0 spiro atoms. The number of nitro benzene ring substituents is 1. The van der Waals surface area contributed by atoms with E-state index >= 15 is 0 Å². The lowest BCUT2D eigenvalue weighted by molar-refractivity contribution is -0.385. The molecule has 1 unspecified atom stereocenters. The zero-order valence-corrected chi connectivity index (χ0v) is 12.2. The Labute approximate surface area is 123 Å². The van der Waals surface area contributed by atoms with Gasteiger partial charge in [-0.3, -0.25) is 15.0 Å². The molecular formula is C15H20N2O4. The standard InChI is InChI=1S/C15H20N2O4/c1-20-14-3-2-12(17(18)19)9-15(14)21-10-13-8-11-4-6-16(13)7-5-11/h2-3,9,11,13H,4-8,10H2,1H3. The van der Waals surface area contributed by atoms with E-state index in [0.29, 0.717) is 24.1 Å². The number of hydrogen-bond acceptors (Lipinski definition) is 5. The van der Waals surface area contributed by atoms with Crippen LogP contribution in [-0.4, -0.2) is 42.7 Å². The Morgan fingerprint density at radius 2 is 2.10 bits per heavy atom. The highest BCUT2D eigenvalue weighted by Crippen LogP contribution is 2.34. The maximum atomic E-state index is 10.9. The fourth-order valence-corrected chi connectivity index (χ4v) is 3.34. The van der Waals surface area contributed by atoms with Crippen molar-refractivity contribution in [1.29, 1.82) is 0 Å². The number of fused-ring (bicyclic) bond motifs is 3. The van der Waals surface area contributed by atoms with Crippen LogP contribution in [0, 0.1) is 16.0 Å². The second kappa shape index (κ2) is 5.89. The van der Waals surface area contributed by atoms with Gasteiger partial charge in [-0.25, -0.2) is 0 Å². The number of benzene rings is 1. The second-order valence-electron chi connectivity index (χ2n) is 5.77. The third-order valence-corrected chi connectivity index (χ3v) is 4.56. The summed E-state index contributed by atoms with van der Waals surface area (Å²) in [5.41, 5.74) is 0.0243. The van der Waals surface area contributed by atoms with Gasteiger partial charge in [-0.1, -0.05) is 0 Å². The zero-order valence-electron chi connectivity index (χ0n) is 12.2. The fourth-order valence-electron chi connectivity index (χ4n) is 3.34. The third-order valence-electron chi connectivity index (χ3n) is 4.56. The largest absolute Gasteiger partial charge is 0.493 e. The molecule has 3 heterocycles. The summed E-state index contributed by atoms with van der Waals surface area (Å²) in [4.78, 5) is 12.9. The summed E-state index contributed by atoms with van der Waals surface area (Å²) >= 11 is 0.